The summed E-state index contributed by atoms with van der Waals surface area (Å²) in [4.78, 5) is 31.9. The number of esters is 1. The second-order valence-corrected chi connectivity index (χ2v) is 15.1. The van der Waals surface area contributed by atoms with Crippen molar-refractivity contribution < 1.29 is 34.4 Å². The molecule has 6 aliphatic rings. The number of likely N-dealkylation sites (N-methyl/N-ethyl adjacent to an activating group) is 1. The van der Waals surface area contributed by atoms with Gasteiger partial charge in [0.2, 0.25) is 6.41 Å². The molecule has 6 heterocycles. The van der Waals surface area contributed by atoms with Crippen LogP contribution < -0.4 is 20.9 Å². The van der Waals surface area contributed by atoms with Crippen LogP contribution in [0.2, 0.25) is 0 Å². The minimum absolute atomic E-state index is 0.00560. The van der Waals surface area contributed by atoms with E-state index in [-0.39, 0.29) is 41.4 Å². The highest BCUT2D eigenvalue weighted by Crippen LogP contribution is 2.60. The third kappa shape index (κ3) is 8.80. The van der Waals surface area contributed by atoms with Gasteiger partial charge in [-0.25, -0.2) is 5.84 Å². The molecule has 322 valence electrons. The van der Waals surface area contributed by atoms with Crippen LogP contribution in [0.1, 0.15) is 83.5 Å². The number of amides is 1. The zero-order chi connectivity index (χ0) is 42.7. The first-order valence-corrected chi connectivity index (χ1v) is 21.3. The standard InChI is InChI=1S/2C19H24N2O3.3C2H6.CH4N2O/c1-20-14-10-11(24-2)5-6-13(14)19-7-9-21-8-3-4-12(17(19)21)15(22)16(23)18(19)20;1-24-19(23)16-9-12-8-13(22)11-21(10-12)7-6-15-14-4-2-3-5-17(14)20-18(15)16;3*1-2;2-3-1-4/h3-6,10,12,15-18,22-23H,7-9H2,1-2H3;2-5,12-13,16,20,22H,6-11H2,1H3;3*1-2H3;1H,2H2,(H,3,4). The first-order chi connectivity index (χ1) is 28.2. The molecule has 3 aromatic rings. The number of aromatic amines is 1. The van der Waals surface area contributed by atoms with Crippen LogP contribution in [0.4, 0.5) is 5.69 Å². The number of ether oxygens (including phenoxy) is 2. The lowest BCUT2D eigenvalue weighted by molar-refractivity contribution is -0.143. The molecule has 1 aliphatic carbocycles. The van der Waals surface area contributed by atoms with Gasteiger partial charge in [0.25, 0.3) is 0 Å². The monoisotopic (exact) mass is 807 g/mol. The quantitative estimate of drug-likeness (QED) is 0.0550. The maximum Gasteiger partial charge on any atom is 0.314 e. The number of fused-ring (bicyclic) bond motifs is 6. The van der Waals surface area contributed by atoms with E-state index in [0.717, 1.165) is 81.1 Å². The van der Waals surface area contributed by atoms with Gasteiger partial charge in [-0.05, 0) is 61.4 Å². The van der Waals surface area contributed by atoms with Crippen LogP contribution in [0.3, 0.4) is 0 Å². The number of carbonyl (C=O) groups is 2. The number of hydrazine groups is 1. The molecule has 58 heavy (non-hydrogen) atoms. The lowest BCUT2D eigenvalue weighted by Crippen LogP contribution is -2.69. The Morgan fingerprint density at radius 3 is 2.34 bits per heavy atom. The summed E-state index contributed by atoms with van der Waals surface area (Å²) in [7, 11) is 5.18. The summed E-state index contributed by atoms with van der Waals surface area (Å²) in [6.07, 6.45) is 6.29. The van der Waals surface area contributed by atoms with E-state index in [0.29, 0.717) is 12.3 Å². The lowest BCUT2D eigenvalue weighted by Gasteiger charge is -2.54. The average molecular weight is 807 g/mol. The number of hydrogen-bond donors (Lipinski definition) is 6. The van der Waals surface area contributed by atoms with Crippen molar-refractivity contribution in [3.63, 3.8) is 0 Å². The molecule has 7 N–H and O–H groups in total. The molecule has 3 fully saturated rings. The third-order valence-electron chi connectivity index (χ3n) is 12.5. The Labute approximate surface area is 345 Å². The summed E-state index contributed by atoms with van der Waals surface area (Å²) in [5.41, 5.74) is 7.37. The molecular formula is C45H70N6O7. The number of nitrogens with zero attached hydrogens (tertiary/aromatic N) is 3. The molecule has 10 unspecified atom stereocenters. The molecular weight excluding hydrogens is 737 g/mol. The second kappa shape index (κ2) is 21.3. The fraction of sp³-hybridized carbons (Fsp3) is 0.600. The lowest BCUT2D eigenvalue weighted by atomic mass is 9.58. The largest absolute Gasteiger partial charge is 0.497 e. The SMILES string of the molecule is CC.CC.CC.COC(=O)C1CC2CC(O)CN(CCc3c1[nH]c1ccccc31)C2.COc1ccc2c(c1)N(C)C1C(O)C(O)C3C=CCN4CCC21C34.NNC=O. The van der Waals surface area contributed by atoms with E-state index in [4.69, 9.17) is 14.3 Å². The van der Waals surface area contributed by atoms with Crippen molar-refractivity contribution in [2.24, 2.45) is 17.7 Å². The molecule has 1 amide bonds. The third-order valence-corrected chi connectivity index (χ3v) is 12.5. The number of methoxy groups -OCH3 is 2. The zero-order valence-corrected chi connectivity index (χ0v) is 36.1. The topological polar surface area (TPSA) is 177 Å². The number of nitrogens with two attached hydrogens (primary N) is 1. The number of aromatic nitrogens is 1. The Kier molecular flexibility index (Phi) is 17.2. The maximum absolute atomic E-state index is 12.5. The van der Waals surface area contributed by atoms with E-state index in [2.05, 4.69) is 61.9 Å². The number of carbonyl (C=O) groups excluding carboxylic acids is 2. The van der Waals surface area contributed by atoms with Gasteiger partial charge in [0, 0.05) is 79.0 Å². The first-order valence-electron chi connectivity index (χ1n) is 21.3. The fourth-order valence-electron chi connectivity index (χ4n) is 10.5. The van der Waals surface area contributed by atoms with Gasteiger partial charge in [-0.15, -0.1) is 0 Å². The zero-order valence-electron chi connectivity index (χ0n) is 36.1. The minimum Gasteiger partial charge on any atom is -0.497 e. The molecule has 1 saturated carbocycles. The normalized spacial score (nSPS) is 30.8. The van der Waals surface area contributed by atoms with E-state index in [1.165, 1.54) is 23.6 Å². The predicted molar refractivity (Wildman–Crippen MR) is 231 cm³/mol. The van der Waals surface area contributed by atoms with Gasteiger partial charge < -0.3 is 39.6 Å². The fourth-order valence-corrected chi connectivity index (χ4v) is 10.5. The van der Waals surface area contributed by atoms with Crippen LogP contribution in [0.25, 0.3) is 10.9 Å². The van der Waals surface area contributed by atoms with Crippen molar-refractivity contribution in [2.75, 3.05) is 58.9 Å². The molecule has 9 rings (SSSR count). The maximum atomic E-state index is 12.5. The number of hydrogen-bond acceptors (Lipinski definition) is 11. The molecule has 10 atom stereocenters. The van der Waals surface area contributed by atoms with Crippen LogP contribution in [0, 0.1) is 11.8 Å². The van der Waals surface area contributed by atoms with Gasteiger partial charge in [-0.1, -0.05) is 78.0 Å². The molecule has 13 nitrogen and oxygen atoms in total. The van der Waals surface area contributed by atoms with Crippen LogP contribution in [-0.4, -0.2) is 127 Å². The predicted octanol–water partition coefficient (Wildman–Crippen LogP) is 4.49. The first kappa shape index (κ1) is 46.7. The number of rotatable bonds is 3. The van der Waals surface area contributed by atoms with E-state index in [1.807, 2.05) is 66.8 Å². The minimum atomic E-state index is -0.752. The Balaban J connectivity index is 0.000000211. The summed E-state index contributed by atoms with van der Waals surface area (Å²) in [5.74, 6) is 5.08. The number of benzene rings is 2. The summed E-state index contributed by atoms with van der Waals surface area (Å²) in [6, 6.07) is 14.7. The van der Waals surface area contributed by atoms with Crippen molar-refractivity contribution in [1.82, 2.24) is 20.2 Å². The van der Waals surface area contributed by atoms with Gasteiger partial charge in [-0.3, -0.25) is 19.9 Å². The van der Waals surface area contributed by atoms with Crippen molar-refractivity contribution in [2.45, 2.75) is 109 Å². The van der Waals surface area contributed by atoms with Crippen molar-refractivity contribution in [3.8, 4) is 5.75 Å². The van der Waals surface area contributed by atoms with Gasteiger partial charge in [0.15, 0.2) is 0 Å². The van der Waals surface area contributed by atoms with Gasteiger partial charge >= 0.3 is 5.97 Å². The van der Waals surface area contributed by atoms with Crippen molar-refractivity contribution >= 4 is 29.0 Å². The molecule has 2 bridgehead atoms. The number of aliphatic hydroxyl groups excluding tert-OH is 3. The Bertz CT molecular complexity index is 1800. The molecule has 0 radical (unpaired) electrons. The number of H-pyrrole nitrogens is 1. The van der Waals surface area contributed by atoms with Gasteiger partial charge in [0.1, 0.15) is 11.9 Å². The van der Waals surface area contributed by atoms with E-state index in [9.17, 15) is 20.1 Å². The van der Waals surface area contributed by atoms with Crippen LogP contribution in [0.5, 0.6) is 5.75 Å². The van der Waals surface area contributed by atoms with Crippen molar-refractivity contribution in [1.29, 1.82) is 0 Å². The smallest absolute Gasteiger partial charge is 0.314 e. The molecule has 2 saturated heterocycles. The summed E-state index contributed by atoms with van der Waals surface area (Å²) < 4.78 is 10.5. The summed E-state index contributed by atoms with van der Waals surface area (Å²) >= 11 is 0. The molecule has 13 heteroatoms. The van der Waals surface area contributed by atoms with E-state index >= 15 is 0 Å². The highest BCUT2D eigenvalue weighted by molar-refractivity contribution is 5.88. The Morgan fingerprint density at radius 2 is 1.67 bits per heavy atom. The highest BCUT2D eigenvalue weighted by atomic mass is 16.5. The van der Waals surface area contributed by atoms with Gasteiger partial charge in [-0.2, -0.15) is 0 Å². The number of nitrogens with one attached hydrogen (secondary N) is 2. The summed E-state index contributed by atoms with van der Waals surface area (Å²) in [5, 5.41) is 33.2. The molecule has 5 aliphatic heterocycles. The van der Waals surface area contributed by atoms with Crippen LogP contribution >= 0.6 is 0 Å². The van der Waals surface area contributed by atoms with Gasteiger partial charge in [0.05, 0.1) is 38.4 Å². The Hall–Kier alpha value is -3.98. The number of aliphatic hydroxyl groups is 3. The number of piperidine rings is 1. The molecule has 2 aromatic carbocycles. The highest BCUT2D eigenvalue weighted by Gasteiger charge is 2.67. The van der Waals surface area contributed by atoms with Crippen LogP contribution in [0.15, 0.2) is 54.6 Å². The van der Waals surface area contributed by atoms with E-state index in [1.54, 1.807) is 12.5 Å². The molecule has 1 aromatic heterocycles. The number of anilines is 1. The Morgan fingerprint density at radius 1 is 0.966 bits per heavy atom. The number of para-hydroxylation sites is 1. The van der Waals surface area contributed by atoms with Crippen molar-refractivity contribution in [3.05, 3.63) is 71.4 Å². The molecule has 1 spiro atoms. The summed E-state index contributed by atoms with van der Waals surface area (Å²) in [6.45, 7) is 16.6. The average Bonchev–Trinajstić information content (AvgIpc) is 3.93. The van der Waals surface area contributed by atoms with Crippen LogP contribution in [-0.2, 0) is 26.2 Å². The van der Waals surface area contributed by atoms with E-state index < -0.39 is 12.2 Å². The second-order valence-electron chi connectivity index (χ2n) is 15.1.